The van der Waals surface area contributed by atoms with Crippen LogP contribution in [-0.2, 0) is 10.3 Å². The number of aliphatic imine (C=N–C) groups is 1. The van der Waals surface area contributed by atoms with Crippen LogP contribution in [0, 0.1) is 25.5 Å². The van der Waals surface area contributed by atoms with E-state index in [-0.39, 0.29) is 11.3 Å². The van der Waals surface area contributed by atoms with E-state index in [9.17, 15) is 23.2 Å². The number of halogens is 2. The molecule has 1 atom stereocenters. The number of amidine groups is 1. The molecule has 38 heavy (non-hydrogen) atoms. The Kier molecular flexibility index (Phi) is 7.38. The van der Waals surface area contributed by atoms with Crippen molar-refractivity contribution in [1.82, 2.24) is 10.1 Å². The molecule has 9 nitrogen and oxygen atoms in total. The molecule has 1 aliphatic rings. The maximum atomic E-state index is 14.9. The first-order valence-corrected chi connectivity index (χ1v) is 12.0. The number of amides is 3. The minimum absolute atomic E-state index is 0.122. The summed E-state index contributed by atoms with van der Waals surface area (Å²) in [6.07, 6.45) is 0.985. The molecular weight excluding hydrogens is 496 g/mol. The predicted molar refractivity (Wildman–Crippen MR) is 137 cm³/mol. The van der Waals surface area contributed by atoms with Crippen LogP contribution in [0.25, 0.3) is 0 Å². The number of rotatable bonds is 8. The van der Waals surface area contributed by atoms with Crippen molar-refractivity contribution in [3.63, 3.8) is 0 Å². The second-order valence-corrected chi connectivity index (χ2v) is 9.06. The molecule has 198 valence electrons. The second kappa shape index (κ2) is 10.5. The highest BCUT2D eigenvalue weighted by Crippen LogP contribution is 2.38. The number of Topliss-reactive ketones (excluding diaryl/α,β-unsaturated/α-hetero) is 1. The van der Waals surface area contributed by atoms with Crippen molar-refractivity contribution in [2.45, 2.75) is 46.1 Å². The second-order valence-electron chi connectivity index (χ2n) is 9.06. The SMILES string of the molecule is CCCC1(c2ccc(F)cc2)N=C(C)N(CC(=O)c2ccc(NC(=O)Nc3c(C)noc3C)cc2F)C1=O. The minimum Gasteiger partial charge on any atom is -0.359 e. The van der Waals surface area contributed by atoms with Crippen molar-refractivity contribution < 1.29 is 27.7 Å². The normalized spacial score (nSPS) is 16.9. The van der Waals surface area contributed by atoms with Gasteiger partial charge in [0.25, 0.3) is 5.91 Å². The molecule has 11 heteroatoms. The fourth-order valence-corrected chi connectivity index (χ4v) is 4.51. The van der Waals surface area contributed by atoms with Gasteiger partial charge in [-0.05, 0) is 63.1 Å². The molecule has 3 amide bonds. The summed E-state index contributed by atoms with van der Waals surface area (Å²) in [7, 11) is 0. The van der Waals surface area contributed by atoms with Gasteiger partial charge in [0.1, 0.15) is 28.9 Å². The molecule has 0 bridgehead atoms. The van der Waals surface area contributed by atoms with E-state index in [0.717, 1.165) is 6.07 Å². The Bertz CT molecular complexity index is 1410. The summed E-state index contributed by atoms with van der Waals surface area (Å²) in [5.74, 6) is -1.62. The molecular formula is C27H27F2N5O4. The van der Waals surface area contributed by atoms with Gasteiger partial charge in [0, 0.05) is 5.69 Å². The summed E-state index contributed by atoms with van der Waals surface area (Å²) in [4.78, 5) is 44.7. The number of hydrogen-bond acceptors (Lipinski definition) is 6. The third-order valence-electron chi connectivity index (χ3n) is 6.38. The molecule has 0 spiro atoms. The molecule has 0 radical (unpaired) electrons. The van der Waals surface area contributed by atoms with E-state index < -0.39 is 41.4 Å². The summed E-state index contributed by atoms with van der Waals surface area (Å²) >= 11 is 0. The number of benzene rings is 2. The molecule has 0 saturated heterocycles. The predicted octanol–water partition coefficient (Wildman–Crippen LogP) is 5.35. The topological polar surface area (TPSA) is 117 Å². The van der Waals surface area contributed by atoms with Crippen molar-refractivity contribution in [2.75, 3.05) is 17.2 Å². The number of nitrogens with one attached hydrogen (secondary N) is 2. The zero-order chi connectivity index (χ0) is 27.6. The van der Waals surface area contributed by atoms with Gasteiger partial charge < -0.3 is 15.2 Å². The van der Waals surface area contributed by atoms with Gasteiger partial charge in [-0.1, -0.05) is 30.6 Å². The van der Waals surface area contributed by atoms with Crippen LogP contribution in [0.15, 0.2) is 52.0 Å². The van der Waals surface area contributed by atoms with Crippen molar-refractivity contribution in [3.05, 3.63) is 76.7 Å². The van der Waals surface area contributed by atoms with Crippen LogP contribution in [0.1, 0.15) is 54.1 Å². The van der Waals surface area contributed by atoms with Crippen molar-refractivity contribution in [3.8, 4) is 0 Å². The number of ketones is 1. The lowest BCUT2D eigenvalue weighted by Crippen LogP contribution is -2.43. The maximum absolute atomic E-state index is 14.9. The lowest BCUT2D eigenvalue weighted by Gasteiger charge is -2.26. The average molecular weight is 524 g/mol. The van der Waals surface area contributed by atoms with E-state index in [0.29, 0.717) is 41.4 Å². The van der Waals surface area contributed by atoms with Gasteiger partial charge in [0.05, 0.1) is 12.1 Å². The average Bonchev–Trinajstić information content (AvgIpc) is 3.30. The van der Waals surface area contributed by atoms with Crippen LogP contribution in [0.5, 0.6) is 0 Å². The molecule has 0 saturated carbocycles. The van der Waals surface area contributed by atoms with E-state index in [2.05, 4.69) is 20.8 Å². The third kappa shape index (κ3) is 5.04. The van der Waals surface area contributed by atoms with E-state index >= 15 is 0 Å². The van der Waals surface area contributed by atoms with Gasteiger partial charge >= 0.3 is 6.03 Å². The lowest BCUT2D eigenvalue weighted by atomic mass is 9.85. The fraction of sp³-hybridized carbons (Fsp3) is 0.296. The number of urea groups is 1. The molecule has 1 aromatic heterocycles. The first-order chi connectivity index (χ1) is 18.1. The Balaban J connectivity index is 1.48. The highest BCUT2D eigenvalue weighted by molar-refractivity contribution is 6.12. The summed E-state index contributed by atoms with van der Waals surface area (Å²) < 4.78 is 33.4. The highest BCUT2D eigenvalue weighted by atomic mass is 19.1. The van der Waals surface area contributed by atoms with Gasteiger partial charge in [-0.15, -0.1) is 0 Å². The lowest BCUT2D eigenvalue weighted by molar-refractivity contribution is -0.131. The van der Waals surface area contributed by atoms with E-state index in [1.54, 1.807) is 20.8 Å². The Hall–Kier alpha value is -4.41. The fourth-order valence-electron chi connectivity index (χ4n) is 4.51. The number of anilines is 2. The molecule has 3 aromatic rings. The monoisotopic (exact) mass is 523 g/mol. The largest absolute Gasteiger partial charge is 0.359 e. The van der Waals surface area contributed by atoms with Crippen LogP contribution >= 0.6 is 0 Å². The Morgan fingerprint density at radius 3 is 2.37 bits per heavy atom. The van der Waals surface area contributed by atoms with Gasteiger partial charge in [-0.25, -0.2) is 13.6 Å². The summed E-state index contributed by atoms with van der Waals surface area (Å²) in [6, 6.07) is 8.56. The van der Waals surface area contributed by atoms with Crippen molar-refractivity contribution >= 4 is 34.9 Å². The van der Waals surface area contributed by atoms with E-state index in [4.69, 9.17) is 4.52 Å². The first kappa shape index (κ1) is 26.6. The standard InChI is InChI=1S/C27H27F2N5O4/c1-5-12-27(18-6-8-19(28)9-7-18)25(36)34(17(4)32-27)14-23(35)21-11-10-20(13-22(21)29)30-26(37)31-24-15(2)33-38-16(24)3/h6-11,13H,5,12,14H2,1-4H3,(H2,30,31,37). The summed E-state index contributed by atoms with van der Waals surface area (Å²) in [5, 5.41) is 8.82. The summed E-state index contributed by atoms with van der Waals surface area (Å²) in [6.45, 7) is 6.38. The van der Waals surface area contributed by atoms with Crippen LogP contribution in [0.4, 0.5) is 25.0 Å². The number of hydrogen-bond donors (Lipinski definition) is 2. The molecule has 2 aromatic carbocycles. The molecule has 2 heterocycles. The smallest absolute Gasteiger partial charge is 0.323 e. The van der Waals surface area contributed by atoms with Crippen LogP contribution in [0.3, 0.4) is 0 Å². The Labute approximate surface area is 217 Å². The Morgan fingerprint density at radius 1 is 1.05 bits per heavy atom. The van der Waals surface area contributed by atoms with E-state index in [1.165, 1.54) is 41.3 Å². The van der Waals surface area contributed by atoms with Gasteiger partial charge in [0.15, 0.2) is 17.1 Å². The van der Waals surface area contributed by atoms with E-state index in [1.807, 2.05) is 6.92 Å². The van der Waals surface area contributed by atoms with Gasteiger partial charge in [-0.3, -0.25) is 19.5 Å². The molecule has 1 aliphatic heterocycles. The highest BCUT2D eigenvalue weighted by Gasteiger charge is 2.48. The van der Waals surface area contributed by atoms with Crippen molar-refractivity contribution in [1.29, 1.82) is 0 Å². The zero-order valence-corrected chi connectivity index (χ0v) is 21.4. The first-order valence-electron chi connectivity index (χ1n) is 12.0. The van der Waals surface area contributed by atoms with Crippen LogP contribution in [-0.4, -0.2) is 40.2 Å². The van der Waals surface area contributed by atoms with Gasteiger partial charge in [0.2, 0.25) is 0 Å². The molecule has 4 rings (SSSR count). The molecule has 0 aliphatic carbocycles. The quantitative estimate of drug-likeness (QED) is 0.386. The van der Waals surface area contributed by atoms with Crippen LogP contribution in [0.2, 0.25) is 0 Å². The van der Waals surface area contributed by atoms with Crippen LogP contribution < -0.4 is 10.6 Å². The number of aromatic nitrogens is 1. The zero-order valence-electron chi connectivity index (χ0n) is 21.4. The van der Waals surface area contributed by atoms with Crippen molar-refractivity contribution in [2.24, 2.45) is 4.99 Å². The number of nitrogens with zero attached hydrogens (tertiary/aromatic N) is 3. The number of carbonyl (C=O) groups is 3. The number of carbonyl (C=O) groups excluding carboxylic acids is 3. The maximum Gasteiger partial charge on any atom is 0.323 e. The third-order valence-corrected chi connectivity index (χ3v) is 6.38. The molecule has 0 fully saturated rings. The molecule has 1 unspecified atom stereocenters. The van der Waals surface area contributed by atoms with Gasteiger partial charge in [-0.2, -0.15) is 0 Å². The Morgan fingerprint density at radius 2 is 1.76 bits per heavy atom. The molecule has 2 N–H and O–H groups in total. The summed E-state index contributed by atoms with van der Waals surface area (Å²) in [5.41, 5.74) is 0.0303. The number of aryl methyl sites for hydroxylation is 2. The minimum atomic E-state index is -1.27.